The Hall–Kier alpha value is -1.65. The minimum Gasteiger partial charge on any atom is -0.455 e. The van der Waals surface area contributed by atoms with Crippen LogP contribution in [-0.4, -0.2) is 34.6 Å². The molecule has 0 aliphatic carbocycles. The summed E-state index contributed by atoms with van der Waals surface area (Å²) >= 11 is 0. The SMILES string of the molecule is CC(C)(C)OC(=O)c1ccnc(N2CCC2)n1. The summed E-state index contributed by atoms with van der Waals surface area (Å²) in [5.74, 6) is 0.210. The van der Waals surface area contributed by atoms with Crippen molar-refractivity contribution in [2.45, 2.75) is 32.8 Å². The van der Waals surface area contributed by atoms with E-state index in [1.165, 1.54) is 0 Å². The molecular weight excluding hydrogens is 218 g/mol. The summed E-state index contributed by atoms with van der Waals surface area (Å²) in [6.07, 6.45) is 2.75. The van der Waals surface area contributed by atoms with Gasteiger partial charge in [-0.05, 0) is 33.3 Å². The second kappa shape index (κ2) is 4.31. The molecule has 0 N–H and O–H groups in total. The molecule has 2 heterocycles. The van der Waals surface area contributed by atoms with Crippen molar-refractivity contribution in [3.63, 3.8) is 0 Å². The molecule has 17 heavy (non-hydrogen) atoms. The van der Waals surface area contributed by atoms with Gasteiger partial charge >= 0.3 is 5.97 Å². The molecule has 1 aromatic rings. The summed E-state index contributed by atoms with van der Waals surface area (Å²) in [6.45, 7) is 7.42. The maximum absolute atomic E-state index is 11.8. The lowest BCUT2D eigenvalue weighted by atomic mass is 10.2. The quantitative estimate of drug-likeness (QED) is 0.729. The van der Waals surface area contributed by atoms with Crippen LogP contribution in [0.25, 0.3) is 0 Å². The zero-order valence-corrected chi connectivity index (χ0v) is 10.4. The summed E-state index contributed by atoms with van der Waals surface area (Å²) in [5.41, 5.74) is -0.185. The first-order valence-corrected chi connectivity index (χ1v) is 5.77. The molecule has 5 heteroatoms. The van der Waals surface area contributed by atoms with Gasteiger partial charge in [0.05, 0.1) is 0 Å². The first-order valence-electron chi connectivity index (χ1n) is 5.77. The number of ether oxygens (including phenoxy) is 1. The van der Waals surface area contributed by atoms with E-state index < -0.39 is 11.6 Å². The van der Waals surface area contributed by atoms with Crippen LogP contribution >= 0.6 is 0 Å². The molecular formula is C12H17N3O2. The van der Waals surface area contributed by atoms with E-state index in [1.54, 1.807) is 12.3 Å². The van der Waals surface area contributed by atoms with Gasteiger partial charge in [0, 0.05) is 19.3 Å². The number of hydrogen-bond donors (Lipinski definition) is 0. The lowest BCUT2D eigenvalue weighted by Gasteiger charge is -2.30. The van der Waals surface area contributed by atoms with Gasteiger partial charge in [-0.15, -0.1) is 0 Å². The maximum Gasteiger partial charge on any atom is 0.357 e. The van der Waals surface area contributed by atoms with E-state index in [0.717, 1.165) is 19.5 Å². The average molecular weight is 235 g/mol. The topological polar surface area (TPSA) is 55.3 Å². The fourth-order valence-corrected chi connectivity index (χ4v) is 1.46. The summed E-state index contributed by atoms with van der Waals surface area (Å²) in [4.78, 5) is 22.2. The number of anilines is 1. The molecule has 0 atom stereocenters. The Labute approximate surface area is 101 Å². The Morgan fingerprint density at radius 2 is 2.12 bits per heavy atom. The lowest BCUT2D eigenvalue weighted by Crippen LogP contribution is -2.38. The minimum atomic E-state index is -0.501. The smallest absolute Gasteiger partial charge is 0.357 e. The van der Waals surface area contributed by atoms with E-state index in [1.807, 2.05) is 25.7 Å². The molecule has 2 rings (SSSR count). The van der Waals surface area contributed by atoms with Crippen molar-refractivity contribution < 1.29 is 9.53 Å². The van der Waals surface area contributed by atoms with Gasteiger partial charge in [0.2, 0.25) is 5.95 Å². The fraction of sp³-hybridized carbons (Fsp3) is 0.583. The van der Waals surface area contributed by atoms with Crippen LogP contribution in [0.5, 0.6) is 0 Å². The van der Waals surface area contributed by atoms with Gasteiger partial charge in [-0.25, -0.2) is 14.8 Å². The number of hydrogen-bond acceptors (Lipinski definition) is 5. The third-order valence-corrected chi connectivity index (χ3v) is 2.39. The van der Waals surface area contributed by atoms with Crippen LogP contribution in [0, 0.1) is 0 Å². The molecule has 0 radical (unpaired) electrons. The molecule has 0 aromatic carbocycles. The number of carbonyl (C=O) groups is 1. The average Bonchev–Trinajstić information content (AvgIpc) is 2.12. The van der Waals surface area contributed by atoms with Crippen molar-refractivity contribution in [1.82, 2.24) is 9.97 Å². The van der Waals surface area contributed by atoms with Gasteiger partial charge in [-0.1, -0.05) is 0 Å². The van der Waals surface area contributed by atoms with Crippen molar-refractivity contribution in [2.24, 2.45) is 0 Å². The number of nitrogens with zero attached hydrogens (tertiary/aromatic N) is 3. The molecule has 92 valence electrons. The van der Waals surface area contributed by atoms with Crippen LogP contribution in [0.2, 0.25) is 0 Å². The Balaban J connectivity index is 2.12. The highest BCUT2D eigenvalue weighted by molar-refractivity contribution is 5.87. The van der Waals surface area contributed by atoms with E-state index in [9.17, 15) is 4.79 Å². The lowest BCUT2D eigenvalue weighted by molar-refractivity contribution is 0.00627. The third kappa shape index (κ3) is 2.93. The van der Waals surface area contributed by atoms with Crippen LogP contribution in [0.3, 0.4) is 0 Å². The van der Waals surface area contributed by atoms with Gasteiger partial charge in [-0.2, -0.15) is 0 Å². The largest absolute Gasteiger partial charge is 0.455 e. The number of aromatic nitrogens is 2. The number of rotatable bonds is 2. The van der Waals surface area contributed by atoms with Crippen LogP contribution in [-0.2, 0) is 4.74 Å². The highest BCUT2D eigenvalue weighted by atomic mass is 16.6. The maximum atomic E-state index is 11.8. The fourth-order valence-electron chi connectivity index (χ4n) is 1.46. The van der Waals surface area contributed by atoms with E-state index in [4.69, 9.17) is 4.74 Å². The molecule has 0 spiro atoms. The van der Waals surface area contributed by atoms with Crippen LogP contribution < -0.4 is 4.90 Å². The second-order valence-corrected chi connectivity index (χ2v) is 5.08. The van der Waals surface area contributed by atoms with Crippen molar-refractivity contribution in [3.05, 3.63) is 18.0 Å². The van der Waals surface area contributed by atoms with Crippen LogP contribution in [0.4, 0.5) is 5.95 Å². The standard InChI is InChI=1S/C12H17N3O2/c1-12(2,3)17-10(16)9-5-6-13-11(14-9)15-7-4-8-15/h5-6H,4,7-8H2,1-3H3. The molecule has 5 nitrogen and oxygen atoms in total. The van der Waals surface area contributed by atoms with E-state index in [0.29, 0.717) is 11.6 Å². The summed E-state index contributed by atoms with van der Waals surface area (Å²) in [5, 5.41) is 0. The van der Waals surface area contributed by atoms with Gasteiger partial charge in [0.15, 0.2) is 5.69 Å². The minimum absolute atomic E-state index is 0.317. The summed E-state index contributed by atoms with van der Waals surface area (Å²) < 4.78 is 5.26. The Morgan fingerprint density at radius 3 is 2.65 bits per heavy atom. The number of carbonyl (C=O) groups excluding carboxylic acids is 1. The van der Waals surface area contributed by atoms with Crippen LogP contribution in [0.15, 0.2) is 12.3 Å². The van der Waals surface area contributed by atoms with Gasteiger partial charge in [-0.3, -0.25) is 0 Å². The highest BCUT2D eigenvalue weighted by Crippen LogP contribution is 2.16. The van der Waals surface area contributed by atoms with Gasteiger partial charge < -0.3 is 9.64 Å². The van der Waals surface area contributed by atoms with Crippen molar-refractivity contribution in [2.75, 3.05) is 18.0 Å². The third-order valence-electron chi connectivity index (χ3n) is 2.39. The predicted molar refractivity (Wildman–Crippen MR) is 64.0 cm³/mol. The van der Waals surface area contributed by atoms with Crippen molar-refractivity contribution >= 4 is 11.9 Å². The first-order chi connectivity index (χ1) is 7.96. The Kier molecular flexibility index (Phi) is 3.00. The van der Waals surface area contributed by atoms with Crippen molar-refractivity contribution in [1.29, 1.82) is 0 Å². The molecule has 1 fully saturated rings. The second-order valence-electron chi connectivity index (χ2n) is 5.08. The summed E-state index contributed by atoms with van der Waals surface area (Å²) in [7, 11) is 0. The van der Waals surface area contributed by atoms with Crippen LogP contribution in [0.1, 0.15) is 37.7 Å². The zero-order valence-electron chi connectivity index (χ0n) is 10.4. The molecule has 1 aliphatic heterocycles. The van der Waals surface area contributed by atoms with Crippen molar-refractivity contribution in [3.8, 4) is 0 Å². The molecule has 0 bridgehead atoms. The first kappa shape index (κ1) is 11.8. The predicted octanol–water partition coefficient (Wildman–Crippen LogP) is 1.64. The molecule has 1 aromatic heterocycles. The Bertz CT molecular complexity index is 422. The monoisotopic (exact) mass is 235 g/mol. The van der Waals surface area contributed by atoms with E-state index >= 15 is 0 Å². The van der Waals surface area contributed by atoms with Gasteiger partial charge in [0.25, 0.3) is 0 Å². The van der Waals surface area contributed by atoms with Gasteiger partial charge in [0.1, 0.15) is 5.60 Å². The number of esters is 1. The molecule has 1 saturated heterocycles. The normalized spacial score (nSPS) is 15.4. The molecule has 0 amide bonds. The molecule has 0 unspecified atom stereocenters. The molecule has 1 aliphatic rings. The molecule has 0 saturated carbocycles. The Morgan fingerprint density at radius 1 is 1.41 bits per heavy atom. The zero-order chi connectivity index (χ0) is 12.5. The summed E-state index contributed by atoms with van der Waals surface area (Å²) in [6, 6.07) is 1.58. The van der Waals surface area contributed by atoms with E-state index in [2.05, 4.69) is 9.97 Å². The van der Waals surface area contributed by atoms with E-state index in [-0.39, 0.29) is 0 Å². The highest BCUT2D eigenvalue weighted by Gasteiger charge is 2.22.